The number of benzene rings is 2. The van der Waals surface area contributed by atoms with Crippen LogP contribution in [-0.4, -0.2) is 23.5 Å². The molecule has 0 saturated carbocycles. The average molecular weight is 278 g/mol. The molecule has 5 heteroatoms. The quantitative estimate of drug-likeness (QED) is 0.839. The van der Waals surface area contributed by atoms with E-state index in [-0.39, 0.29) is 0 Å². The zero-order valence-electron chi connectivity index (χ0n) is 10.0. The van der Waals surface area contributed by atoms with Crippen LogP contribution in [0, 0.1) is 0 Å². The molecular weight excluding hydrogens is 264 g/mol. The van der Waals surface area contributed by atoms with Crippen molar-refractivity contribution in [3.05, 3.63) is 71.8 Å². The Morgan fingerprint density at radius 2 is 1.16 bits per heavy atom. The topological polar surface area (TPSA) is 74.6 Å². The van der Waals surface area contributed by atoms with Crippen molar-refractivity contribution in [1.82, 2.24) is 0 Å². The lowest BCUT2D eigenvalue weighted by atomic mass is 9.92. The van der Waals surface area contributed by atoms with Gasteiger partial charge in [0.2, 0.25) is 0 Å². The molecule has 0 aliphatic carbocycles. The molecule has 2 aromatic carbocycles. The van der Waals surface area contributed by atoms with Crippen molar-refractivity contribution in [3.63, 3.8) is 0 Å². The molecule has 0 fully saturated rings. The van der Waals surface area contributed by atoms with Crippen molar-refractivity contribution in [3.8, 4) is 0 Å². The van der Waals surface area contributed by atoms with Gasteiger partial charge in [-0.15, -0.1) is 0 Å². The van der Waals surface area contributed by atoms with Crippen LogP contribution in [0.3, 0.4) is 0 Å². The van der Waals surface area contributed by atoms with Crippen molar-refractivity contribution in [2.24, 2.45) is 0 Å². The largest absolute Gasteiger partial charge is 0.374 e. The molecule has 1 unspecified atom stereocenters. The fourth-order valence-electron chi connectivity index (χ4n) is 2.01. The third-order valence-corrected chi connectivity index (χ3v) is 3.79. The molecule has 2 N–H and O–H groups in total. The summed E-state index contributed by atoms with van der Waals surface area (Å²) in [6.45, 7) is 0. The zero-order chi connectivity index (χ0) is 13.9. The maximum absolute atomic E-state index is 11.2. The predicted octanol–water partition coefficient (Wildman–Crippen LogP) is 2.02. The lowest BCUT2D eigenvalue weighted by Gasteiger charge is -2.21. The first kappa shape index (κ1) is 13.7. The Morgan fingerprint density at radius 3 is 1.47 bits per heavy atom. The van der Waals surface area contributed by atoms with E-state index in [0.717, 1.165) is 0 Å². The first-order valence-electron chi connectivity index (χ1n) is 5.74. The van der Waals surface area contributed by atoms with Crippen molar-refractivity contribution < 1.29 is 18.1 Å². The third-order valence-electron chi connectivity index (χ3n) is 2.91. The highest BCUT2D eigenvalue weighted by molar-refractivity contribution is 7.86. The van der Waals surface area contributed by atoms with Crippen LogP contribution >= 0.6 is 0 Å². The Kier molecular flexibility index (Phi) is 3.99. The predicted molar refractivity (Wildman–Crippen MR) is 72.3 cm³/mol. The van der Waals surface area contributed by atoms with E-state index in [1.807, 2.05) is 0 Å². The Hall–Kier alpha value is -1.69. The van der Waals surface area contributed by atoms with Gasteiger partial charge in [0.1, 0.15) is 0 Å². The van der Waals surface area contributed by atoms with Gasteiger partial charge in [-0.05, 0) is 11.1 Å². The molecule has 4 nitrogen and oxygen atoms in total. The molecule has 2 aromatic rings. The minimum atomic E-state index is -4.54. The summed E-state index contributed by atoms with van der Waals surface area (Å²) < 4.78 is 31.6. The first-order valence-corrected chi connectivity index (χ1v) is 7.25. The molecule has 0 heterocycles. The smallest absolute Gasteiger partial charge is 0.292 e. The summed E-state index contributed by atoms with van der Waals surface area (Å²) in [5.74, 6) is -0.822. The van der Waals surface area contributed by atoms with E-state index in [2.05, 4.69) is 0 Å². The summed E-state index contributed by atoms with van der Waals surface area (Å²) in [6.07, 6.45) is 0. The molecule has 1 atom stereocenters. The van der Waals surface area contributed by atoms with Gasteiger partial charge in [0.15, 0.2) is 5.44 Å². The van der Waals surface area contributed by atoms with Crippen LogP contribution in [0.25, 0.3) is 0 Å². The van der Waals surface area contributed by atoms with E-state index in [9.17, 15) is 13.5 Å². The Balaban J connectivity index is 2.52. The zero-order valence-corrected chi connectivity index (χ0v) is 10.9. The molecule has 0 aromatic heterocycles. The Bertz CT molecular complexity index is 584. The maximum atomic E-state index is 11.2. The van der Waals surface area contributed by atoms with Gasteiger partial charge >= 0.3 is 0 Å². The highest BCUT2D eigenvalue weighted by atomic mass is 32.2. The normalized spacial score (nSPS) is 13.4. The van der Waals surface area contributed by atoms with Crippen molar-refractivity contribution in [1.29, 1.82) is 0 Å². The molecule has 0 aliphatic rings. The van der Waals surface area contributed by atoms with Gasteiger partial charge in [0.25, 0.3) is 10.1 Å². The SMILES string of the molecule is O=S(=O)(O)C(O)C(c1ccccc1)c1ccccc1. The van der Waals surface area contributed by atoms with E-state index in [4.69, 9.17) is 4.55 Å². The summed E-state index contributed by atoms with van der Waals surface area (Å²) in [5.41, 5.74) is -0.644. The van der Waals surface area contributed by atoms with Crippen LogP contribution in [-0.2, 0) is 10.1 Å². The first-order chi connectivity index (χ1) is 9.00. The molecule has 100 valence electrons. The Morgan fingerprint density at radius 1 is 0.789 bits per heavy atom. The van der Waals surface area contributed by atoms with Crippen molar-refractivity contribution >= 4 is 10.1 Å². The molecule has 0 amide bonds. The lowest BCUT2D eigenvalue weighted by Crippen LogP contribution is -2.28. The highest BCUT2D eigenvalue weighted by Gasteiger charge is 2.32. The number of aliphatic hydroxyl groups excluding tert-OH is 1. The van der Waals surface area contributed by atoms with Gasteiger partial charge in [-0.25, -0.2) is 0 Å². The highest BCUT2D eigenvalue weighted by Crippen LogP contribution is 2.30. The second kappa shape index (κ2) is 5.52. The summed E-state index contributed by atoms with van der Waals surface area (Å²) in [4.78, 5) is 0. The monoisotopic (exact) mass is 278 g/mol. The lowest BCUT2D eigenvalue weighted by molar-refractivity contribution is 0.216. The summed E-state index contributed by atoms with van der Waals surface area (Å²) in [6, 6.07) is 17.5. The van der Waals surface area contributed by atoms with E-state index in [0.29, 0.717) is 11.1 Å². The molecule has 0 spiro atoms. The maximum Gasteiger partial charge on any atom is 0.292 e. The van der Waals surface area contributed by atoms with Gasteiger partial charge in [-0.2, -0.15) is 8.42 Å². The second-order valence-corrected chi connectivity index (χ2v) is 5.72. The molecule has 0 radical (unpaired) electrons. The van der Waals surface area contributed by atoms with Crippen LogP contribution < -0.4 is 0 Å². The number of rotatable bonds is 4. The van der Waals surface area contributed by atoms with Crippen molar-refractivity contribution in [2.45, 2.75) is 11.4 Å². The fraction of sp³-hybridized carbons (Fsp3) is 0.143. The third kappa shape index (κ3) is 3.20. The van der Waals surface area contributed by atoms with Gasteiger partial charge < -0.3 is 5.11 Å². The summed E-state index contributed by atoms with van der Waals surface area (Å²) >= 11 is 0. The number of hydrogen-bond acceptors (Lipinski definition) is 3. The van der Waals surface area contributed by atoms with Gasteiger partial charge in [0.05, 0.1) is 5.92 Å². The molecular formula is C14H14O4S. The standard InChI is InChI=1S/C14H14O4S/c15-14(19(16,17)18)13(11-7-3-1-4-8-11)12-9-5-2-6-10-12/h1-10,13-15H,(H,16,17,18). The van der Waals surface area contributed by atoms with E-state index in [1.165, 1.54) is 0 Å². The summed E-state index contributed by atoms with van der Waals surface area (Å²) in [5, 5.41) is 9.91. The minimum Gasteiger partial charge on any atom is -0.374 e. The van der Waals surface area contributed by atoms with Crippen LogP contribution in [0.1, 0.15) is 17.0 Å². The van der Waals surface area contributed by atoms with Crippen LogP contribution in [0.15, 0.2) is 60.7 Å². The molecule has 19 heavy (non-hydrogen) atoms. The molecule has 0 saturated heterocycles. The second-order valence-electron chi connectivity index (χ2n) is 4.20. The van der Waals surface area contributed by atoms with E-state index < -0.39 is 21.5 Å². The van der Waals surface area contributed by atoms with Gasteiger partial charge in [0, 0.05) is 0 Å². The molecule has 0 aliphatic heterocycles. The number of aliphatic hydroxyl groups is 1. The van der Waals surface area contributed by atoms with Gasteiger partial charge in [-0.1, -0.05) is 60.7 Å². The van der Waals surface area contributed by atoms with Crippen LogP contribution in [0.2, 0.25) is 0 Å². The summed E-state index contributed by atoms with van der Waals surface area (Å²) in [7, 11) is -4.54. The van der Waals surface area contributed by atoms with E-state index >= 15 is 0 Å². The fourth-order valence-corrected chi connectivity index (χ4v) is 2.67. The Labute approximate surface area is 112 Å². The minimum absolute atomic E-state index is 0.624. The van der Waals surface area contributed by atoms with E-state index in [1.54, 1.807) is 60.7 Å². The van der Waals surface area contributed by atoms with Gasteiger partial charge in [-0.3, -0.25) is 4.55 Å². The van der Waals surface area contributed by atoms with Crippen LogP contribution in [0.5, 0.6) is 0 Å². The van der Waals surface area contributed by atoms with Crippen molar-refractivity contribution in [2.75, 3.05) is 0 Å². The number of hydrogen-bond donors (Lipinski definition) is 2. The van der Waals surface area contributed by atoms with Crippen LogP contribution in [0.4, 0.5) is 0 Å². The molecule has 0 bridgehead atoms. The molecule has 2 rings (SSSR count). The average Bonchev–Trinajstić information content (AvgIpc) is 2.40.